The quantitative estimate of drug-likeness (QED) is 0.919. The van der Waals surface area contributed by atoms with Crippen LogP contribution in [0.3, 0.4) is 0 Å². The normalized spacial score (nSPS) is 19.9. The van der Waals surface area contributed by atoms with Crippen molar-refractivity contribution in [2.24, 2.45) is 5.92 Å². The lowest BCUT2D eigenvalue weighted by Gasteiger charge is -2.41. The van der Waals surface area contributed by atoms with E-state index in [0.29, 0.717) is 23.3 Å². The van der Waals surface area contributed by atoms with Gasteiger partial charge in [0.05, 0.1) is 0 Å². The second-order valence-corrected chi connectivity index (χ2v) is 6.65. The summed E-state index contributed by atoms with van der Waals surface area (Å²) in [5.41, 5.74) is 0.416. The van der Waals surface area contributed by atoms with Crippen molar-refractivity contribution in [2.45, 2.75) is 26.8 Å². The average molecular weight is 310 g/mol. The van der Waals surface area contributed by atoms with Crippen molar-refractivity contribution in [3.8, 4) is 0 Å². The van der Waals surface area contributed by atoms with Crippen LogP contribution in [0.2, 0.25) is 0 Å². The molecule has 0 saturated carbocycles. The number of piperazine rings is 1. The summed E-state index contributed by atoms with van der Waals surface area (Å²) in [5, 5.41) is 4.80. The SMILES string of the molecule is CC(=O)Nc1nc(C(=O)N2CCN(C)CC2C(C)C)cs1. The Balaban J connectivity index is 2.14. The Bertz CT molecular complexity index is 529. The van der Waals surface area contributed by atoms with Crippen molar-refractivity contribution in [3.05, 3.63) is 11.1 Å². The molecule has 1 atom stereocenters. The first kappa shape index (κ1) is 15.9. The summed E-state index contributed by atoms with van der Waals surface area (Å²) >= 11 is 1.28. The fourth-order valence-electron chi connectivity index (χ4n) is 2.50. The number of rotatable bonds is 3. The molecule has 6 nitrogen and oxygen atoms in total. The molecule has 2 rings (SSSR count). The lowest BCUT2D eigenvalue weighted by Crippen LogP contribution is -2.56. The van der Waals surface area contributed by atoms with Crippen LogP contribution in [0.25, 0.3) is 0 Å². The second kappa shape index (κ2) is 6.53. The maximum absolute atomic E-state index is 12.7. The Kier molecular flexibility index (Phi) is 4.95. The summed E-state index contributed by atoms with van der Waals surface area (Å²) in [6, 6.07) is 0.196. The fourth-order valence-corrected chi connectivity index (χ4v) is 3.23. The molecule has 1 fully saturated rings. The van der Waals surface area contributed by atoms with Gasteiger partial charge in [-0.15, -0.1) is 11.3 Å². The number of hydrogen-bond donors (Lipinski definition) is 1. The summed E-state index contributed by atoms with van der Waals surface area (Å²) < 4.78 is 0. The summed E-state index contributed by atoms with van der Waals surface area (Å²) in [6.45, 7) is 8.16. The van der Waals surface area contributed by atoms with Crippen LogP contribution in [-0.4, -0.2) is 59.3 Å². The molecule has 1 aliphatic heterocycles. The Morgan fingerprint density at radius 3 is 2.76 bits per heavy atom. The van der Waals surface area contributed by atoms with Crippen LogP contribution in [-0.2, 0) is 4.79 Å². The molecular weight excluding hydrogens is 288 g/mol. The number of aromatic nitrogens is 1. The number of carbonyl (C=O) groups excluding carboxylic acids is 2. The van der Waals surface area contributed by atoms with Crippen LogP contribution < -0.4 is 5.32 Å². The number of hydrogen-bond acceptors (Lipinski definition) is 5. The zero-order valence-electron chi connectivity index (χ0n) is 12.9. The number of nitrogens with one attached hydrogen (secondary N) is 1. The minimum atomic E-state index is -0.178. The Morgan fingerprint density at radius 2 is 2.14 bits per heavy atom. The molecule has 1 unspecified atom stereocenters. The van der Waals surface area contributed by atoms with Gasteiger partial charge in [0.2, 0.25) is 5.91 Å². The maximum Gasteiger partial charge on any atom is 0.273 e. The fraction of sp³-hybridized carbons (Fsp3) is 0.643. The predicted molar refractivity (Wildman–Crippen MR) is 83.6 cm³/mol. The van der Waals surface area contributed by atoms with E-state index in [1.165, 1.54) is 18.3 Å². The van der Waals surface area contributed by atoms with E-state index in [0.717, 1.165) is 13.1 Å². The first-order valence-electron chi connectivity index (χ1n) is 7.11. The standard InChI is InChI=1S/C14H22N4O2S/c1-9(2)12-7-17(4)5-6-18(12)13(20)11-8-21-14(16-11)15-10(3)19/h8-9,12H,5-7H2,1-4H3,(H,15,16,19). The monoisotopic (exact) mass is 310 g/mol. The topological polar surface area (TPSA) is 65.5 Å². The highest BCUT2D eigenvalue weighted by atomic mass is 32.1. The van der Waals surface area contributed by atoms with Gasteiger partial charge in [-0.1, -0.05) is 13.8 Å². The number of likely N-dealkylation sites (N-methyl/N-ethyl adjacent to an activating group) is 1. The Hall–Kier alpha value is -1.47. The number of nitrogens with zero attached hydrogens (tertiary/aromatic N) is 3. The van der Waals surface area contributed by atoms with Gasteiger partial charge < -0.3 is 15.1 Å². The van der Waals surface area contributed by atoms with Crippen molar-refractivity contribution in [1.82, 2.24) is 14.8 Å². The number of thiazole rings is 1. The molecule has 0 aromatic carbocycles. The predicted octanol–water partition coefficient (Wildman–Crippen LogP) is 1.51. The molecule has 7 heteroatoms. The third kappa shape index (κ3) is 3.79. The van der Waals surface area contributed by atoms with E-state index in [1.807, 2.05) is 4.90 Å². The van der Waals surface area contributed by atoms with Gasteiger partial charge in [0, 0.05) is 38.0 Å². The molecule has 1 aliphatic rings. The lowest BCUT2D eigenvalue weighted by molar-refractivity contribution is -0.114. The van der Waals surface area contributed by atoms with Gasteiger partial charge in [-0.3, -0.25) is 9.59 Å². The molecule has 1 aromatic heterocycles. The highest BCUT2D eigenvalue weighted by Gasteiger charge is 2.32. The molecule has 2 amide bonds. The van der Waals surface area contributed by atoms with Gasteiger partial charge in [0.1, 0.15) is 5.69 Å². The van der Waals surface area contributed by atoms with Gasteiger partial charge in [-0.25, -0.2) is 4.98 Å². The van der Waals surface area contributed by atoms with Crippen LogP contribution in [0.1, 0.15) is 31.3 Å². The Morgan fingerprint density at radius 1 is 1.43 bits per heavy atom. The smallest absolute Gasteiger partial charge is 0.273 e. The summed E-state index contributed by atoms with van der Waals surface area (Å²) in [4.78, 5) is 32.1. The van der Waals surface area contributed by atoms with E-state index >= 15 is 0 Å². The van der Waals surface area contributed by atoms with E-state index in [1.54, 1.807) is 5.38 Å². The first-order valence-corrected chi connectivity index (χ1v) is 7.99. The van der Waals surface area contributed by atoms with Crippen molar-refractivity contribution in [2.75, 3.05) is 32.0 Å². The van der Waals surface area contributed by atoms with Gasteiger partial charge in [0.25, 0.3) is 5.91 Å². The molecule has 21 heavy (non-hydrogen) atoms. The minimum Gasteiger partial charge on any atom is -0.331 e. The van der Waals surface area contributed by atoms with Crippen LogP contribution >= 0.6 is 11.3 Å². The summed E-state index contributed by atoms with van der Waals surface area (Å²) in [7, 11) is 2.08. The van der Waals surface area contributed by atoms with Crippen molar-refractivity contribution in [1.29, 1.82) is 0 Å². The van der Waals surface area contributed by atoms with Gasteiger partial charge in [-0.05, 0) is 13.0 Å². The maximum atomic E-state index is 12.7. The van der Waals surface area contributed by atoms with Crippen LogP contribution in [0, 0.1) is 5.92 Å². The summed E-state index contributed by atoms with van der Waals surface area (Å²) in [6.07, 6.45) is 0. The van der Waals surface area contributed by atoms with E-state index in [-0.39, 0.29) is 17.9 Å². The molecule has 0 aliphatic carbocycles. The first-order chi connectivity index (χ1) is 9.88. The average Bonchev–Trinajstić information content (AvgIpc) is 2.85. The van der Waals surface area contributed by atoms with Gasteiger partial charge in [-0.2, -0.15) is 0 Å². The molecule has 0 radical (unpaired) electrons. The van der Waals surface area contributed by atoms with E-state index in [9.17, 15) is 9.59 Å². The molecular formula is C14H22N4O2S. The van der Waals surface area contributed by atoms with E-state index in [2.05, 4.69) is 36.1 Å². The van der Waals surface area contributed by atoms with Crippen LogP contribution in [0.4, 0.5) is 5.13 Å². The van der Waals surface area contributed by atoms with Crippen molar-refractivity contribution in [3.63, 3.8) is 0 Å². The Labute approximate surface area is 129 Å². The van der Waals surface area contributed by atoms with Crippen molar-refractivity contribution < 1.29 is 9.59 Å². The van der Waals surface area contributed by atoms with Gasteiger partial charge >= 0.3 is 0 Å². The minimum absolute atomic E-state index is 0.0466. The van der Waals surface area contributed by atoms with E-state index < -0.39 is 0 Å². The molecule has 1 aromatic rings. The number of anilines is 1. The number of amides is 2. The van der Waals surface area contributed by atoms with Crippen LogP contribution in [0.15, 0.2) is 5.38 Å². The lowest BCUT2D eigenvalue weighted by atomic mass is 9.99. The molecule has 116 valence electrons. The molecule has 0 spiro atoms. The second-order valence-electron chi connectivity index (χ2n) is 5.79. The third-order valence-corrected chi connectivity index (χ3v) is 4.42. The molecule has 1 saturated heterocycles. The highest BCUT2D eigenvalue weighted by Crippen LogP contribution is 2.22. The van der Waals surface area contributed by atoms with Crippen molar-refractivity contribution >= 4 is 28.3 Å². The molecule has 1 N–H and O–H groups in total. The van der Waals surface area contributed by atoms with Gasteiger partial charge in [0.15, 0.2) is 5.13 Å². The number of carbonyl (C=O) groups is 2. The molecule has 2 heterocycles. The highest BCUT2D eigenvalue weighted by molar-refractivity contribution is 7.14. The third-order valence-electron chi connectivity index (χ3n) is 3.66. The largest absolute Gasteiger partial charge is 0.331 e. The zero-order chi connectivity index (χ0) is 15.6. The van der Waals surface area contributed by atoms with Crippen LogP contribution in [0.5, 0.6) is 0 Å². The molecule has 0 bridgehead atoms. The van der Waals surface area contributed by atoms with E-state index in [4.69, 9.17) is 0 Å². The zero-order valence-corrected chi connectivity index (χ0v) is 13.7. The summed E-state index contributed by atoms with van der Waals surface area (Å²) in [5.74, 6) is 0.169.